The van der Waals surface area contributed by atoms with Crippen molar-refractivity contribution in [2.45, 2.75) is 6.36 Å². The number of carbonyl (C=O) groups is 1. The van der Waals surface area contributed by atoms with Crippen LogP contribution in [0, 0.1) is 10.1 Å². The molecule has 0 aliphatic carbocycles. The van der Waals surface area contributed by atoms with Crippen LogP contribution in [0.1, 0.15) is 10.4 Å². The first-order valence-corrected chi connectivity index (χ1v) is 3.88. The minimum atomic E-state index is -5.00. The molecule has 0 saturated carbocycles. The molecule has 0 amide bonds. The molecule has 6 nitrogen and oxygen atoms in total. The number of nitrogens with zero attached hydrogens (tertiary/aromatic N) is 1. The number of benzene rings is 1. The number of aromatic carboxylic acids is 1. The van der Waals surface area contributed by atoms with Crippen molar-refractivity contribution in [2.24, 2.45) is 0 Å². The van der Waals surface area contributed by atoms with Gasteiger partial charge in [-0.05, 0) is 12.1 Å². The molecule has 2 N–H and O–H groups in total. The molecule has 1 aromatic carbocycles. The number of carboxylic acid groups (broad SMARTS) is 1. The fourth-order valence-electron chi connectivity index (χ4n) is 0.726. The van der Waals surface area contributed by atoms with Crippen molar-refractivity contribution in [1.82, 2.24) is 0 Å². The highest BCUT2D eigenvalue weighted by Gasteiger charge is 2.20. The van der Waals surface area contributed by atoms with Crippen molar-refractivity contribution >= 4 is 11.7 Å². The first kappa shape index (κ1) is 14.8. The van der Waals surface area contributed by atoms with Gasteiger partial charge in [0.1, 0.15) is 0 Å². The minimum absolute atomic E-state index is 0.0422. The molecule has 0 aromatic heterocycles. The van der Waals surface area contributed by atoms with Gasteiger partial charge in [-0.15, -0.1) is 13.2 Å². The third-order valence-corrected chi connectivity index (χ3v) is 1.33. The average molecular weight is 253 g/mol. The molecule has 17 heavy (non-hydrogen) atoms. The fraction of sp³-hybridized carbons (Fsp3) is 0.125. The Hall–Kier alpha value is -2.16. The highest BCUT2D eigenvalue weighted by atomic mass is 19.4. The standard InChI is InChI=1S/C7H5NO4.CHF3O/c9-7(10)5-1-3-6(4-2-5)8(11)12;2-1(3,4)5/h1-4H,(H,9,10);5H. The van der Waals surface area contributed by atoms with E-state index in [2.05, 4.69) is 0 Å². The van der Waals surface area contributed by atoms with Crippen LogP contribution in [0.2, 0.25) is 0 Å². The summed E-state index contributed by atoms with van der Waals surface area (Å²) in [5.74, 6) is -1.09. The van der Waals surface area contributed by atoms with E-state index in [0.29, 0.717) is 0 Å². The van der Waals surface area contributed by atoms with Crippen LogP contribution in [0.25, 0.3) is 0 Å². The maximum Gasteiger partial charge on any atom is 0.519 e. The van der Waals surface area contributed by atoms with Gasteiger partial charge < -0.3 is 10.2 Å². The van der Waals surface area contributed by atoms with E-state index in [0.717, 1.165) is 12.1 Å². The number of nitro groups is 1. The van der Waals surface area contributed by atoms with Gasteiger partial charge in [0.15, 0.2) is 0 Å². The first-order valence-electron chi connectivity index (χ1n) is 3.88. The Morgan fingerprint density at radius 3 is 1.82 bits per heavy atom. The molecule has 94 valence electrons. The number of halogens is 3. The van der Waals surface area contributed by atoms with Crippen molar-refractivity contribution in [3.63, 3.8) is 0 Å². The van der Waals surface area contributed by atoms with Gasteiger partial charge in [-0.25, -0.2) is 4.79 Å². The summed E-state index contributed by atoms with van der Waals surface area (Å²) in [7, 11) is 0. The van der Waals surface area contributed by atoms with Crippen molar-refractivity contribution in [3.05, 3.63) is 39.9 Å². The maximum atomic E-state index is 10.3. The van der Waals surface area contributed by atoms with Crippen LogP contribution in [0.4, 0.5) is 18.9 Å². The molecular weight excluding hydrogens is 247 g/mol. The van der Waals surface area contributed by atoms with Crippen LogP contribution < -0.4 is 0 Å². The fourth-order valence-corrected chi connectivity index (χ4v) is 0.726. The lowest BCUT2D eigenvalue weighted by atomic mass is 10.2. The van der Waals surface area contributed by atoms with Crippen molar-refractivity contribution in [2.75, 3.05) is 0 Å². The predicted molar refractivity (Wildman–Crippen MR) is 48.3 cm³/mol. The number of hydrogen-bond acceptors (Lipinski definition) is 4. The number of aliphatic hydroxyl groups is 1. The number of rotatable bonds is 2. The summed E-state index contributed by atoms with van der Waals surface area (Å²) in [4.78, 5) is 19.9. The third-order valence-electron chi connectivity index (χ3n) is 1.33. The van der Waals surface area contributed by atoms with Crippen LogP contribution >= 0.6 is 0 Å². The molecule has 0 unspecified atom stereocenters. The molecule has 0 fully saturated rings. The Bertz CT molecular complexity index is 362. The zero-order chi connectivity index (χ0) is 13.6. The molecule has 0 atom stereocenters. The maximum absolute atomic E-state index is 10.3. The Balaban J connectivity index is 0.000000437. The molecule has 0 radical (unpaired) electrons. The second-order valence-electron chi connectivity index (χ2n) is 2.58. The lowest BCUT2D eigenvalue weighted by molar-refractivity contribution is -0.384. The van der Waals surface area contributed by atoms with E-state index in [1.807, 2.05) is 0 Å². The molecule has 0 heterocycles. The second kappa shape index (κ2) is 5.80. The van der Waals surface area contributed by atoms with Gasteiger partial charge in [0.2, 0.25) is 0 Å². The Kier molecular flexibility index (Phi) is 5.06. The van der Waals surface area contributed by atoms with E-state index in [1.54, 1.807) is 0 Å². The van der Waals surface area contributed by atoms with Crippen LogP contribution in [0.15, 0.2) is 24.3 Å². The second-order valence-corrected chi connectivity index (χ2v) is 2.58. The molecule has 1 aromatic rings. The van der Waals surface area contributed by atoms with E-state index in [-0.39, 0.29) is 11.3 Å². The van der Waals surface area contributed by atoms with Crippen molar-refractivity contribution < 1.29 is 33.1 Å². The monoisotopic (exact) mass is 253 g/mol. The number of nitro benzene ring substituents is 1. The van der Waals surface area contributed by atoms with Crippen molar-refractivity contribution in [3.8, 4) is 0 Å². The Morgan fingerprint density at radius 1 is 1.24 bits per heavy atom. The highest BCUT2D eigenvalue weighted by molar-refractivity contribution is 5.87. The van der Waals surface area contributed by atoms with Gasteiger partial charge in [-0.3, -0.25) is 10.1 Å². The summed E-state index contributed by atoms with van der Waals surface area (Å²) in [5, 5.41) is 25.1. The summed E-state index contributed by atoms with van der Waals surface area (Å²) in [5.41, 5.74) is -0.0689. The minimum Gasteiger partial charge on any atom is -0.478 e. The molecule has 9 heteroatoms. The van der Waals surface area contributed by atoms with Gasteiger partial charge in [0.05, 0.1) is 10.5 Å². The van der Waals surface area contributed by atoms with Crippen LogP contribution in [0.3, 0.4) is 0 Å². The topological polar surface area (TPSA) is 101 Å². The summed E-state index contributed by atoms with van der Waals surface area (Å²) in [6.45, 7) is 0. The third kappa shape index (κ3) is 7.73. The Labute approximate surface area is 92.1 Å². The SMILES string of the molecule is O=C(O)c1ccc([N+](=O)[O-])cc1.OC(F)(F)F. The molecule has 0 bridgehead atoms. The van der Waals surface area contributed by atoms with E-state index >= 15 is 0 Å². The number of hydrogen-bond donors (Lipinski definition) is 2. The van der Waals surface area contributed by atoms with E-state index in [1.165, 1.54) is 12.1 Å². The summed E-state index contributed by atoms with van der Waals surface area (Å²) >= 11 is 0. The smallest absolute Gasteiger partial charge is 0.478 e. The Morgan fingerprint density at radius 2 is 1.59 bits per heavy atom. The summed E-state index contributed by atoms with van der Waals surface area (Å²) in [6, 6.07) is 4.70. The van der Waals surface area contributed by atoms with Gasteiger partial charge in [0, 0.05) is 12.1 Å². The number of non-ortho nitro benzene ring substituents is 1. The van der Waals surface area contributed by atoms with Gasteiger partial charge >= 0.3 is 12.3 Å². The van der Waals surface area contributed by atoms with E-state index in [9.17, 15) is 28.1 Å². The molecule has 0 aliphatic heterocycles. The lowest BCUT2D eigenvalue weighted by Gasteiger charge is -1.92. The molecule has 0 aliphatic rings. The zero-order valence-electron chi connectivity index (χ0n) is 8.01. The zero-order valence-corrected chi connectivity index (χ0v) is 8.01. The van der Waals surface area contributed by atoms with Gasteiger partial charge in [-0.1, -0.05) is 0 Å². The van der Waals surface area contributed by atoms with Crippen molar-refractivity contribution in [1.29, 1.82) is 0 Å². The summed E-state index contributed by atoms with van der Waals surface area (Å²) in [6.07, 6.45) is -5.00. The van der Waals surface area contributed by atoms with Crippen LogP contribution in [-0.2, 0) is 0 Å². The average Bonchev–Trinajstić information content (AvgIpc) is 2.15. The summed E-state index contributed by atoms with van der Waals surface area (Å²) < 4.78 is 29.7. The molecular formula is C8H6F3NO5. The first-order chi connectivity index (χ1) is 7.61. The predicted octanol–water partition coefficient (Wildman–Crippen LogP) is 1.79. The van der Waals surface area contributed by atoms with E-state index < -0.39 is 17.3 Å². The number of alkyl halides is 3. The number of carboxylic acids is 1. The van der Waals surface area contributed by atoms with E-state index in [4.69, 9.17) is 10.2 Å². The normalized spacial score (nSPS) is 10.1. The van der Waals surface area contributed by atoms with Gasteiger partial charge in [-0.2, -0.15) is 0 Å². The van der Waals surface area contributed by atoms with Crippen LogP contribution in [-0.4, -0.2) is 27.5 Å². The van der Waals surface area contributed by atoms with Crippen LogP contribution in [0.5, 0.6) is 0 Å². The molecule has 0 saturated heterocycles. The molecule has 1 rings (SSSR count). The van der Waals surface area contributed by atoms with Gasteiger partial charge in [0.25, 0.3) is 5.69 Å². The largest absolute Gasteiger partial charge is 0.519 e. The molecule has 0 spiro atoms. The lowest BCUT2D eigenvalue weighted by Crippen LogP contribution is -2.01. The highest BCUT2D eigenvalue weighted by Crippen LogP contribution is 2.11. The quantitative estimate of drug-likeness (QED) is 0.618.